The molecule has 9 heteroatoms. The maximum atomic E-state index is 13.8. The van der Waals surface area contributed by atoms with Crippen LogP contribution in [0.3, 0.4) is 0 Å². The maximum Gasteiger partial charge on any atom is 0.311 e. The van der Waals surface area contributed by atoms with Crippen molar-refractivity contribution in [2.75, 3.05) is 12.0 Å². The van der Waals surface area contributed by atoms with Gasteiger partial charge in [-0.1, -0.05) is 17.7 Å². The molecule has 3 rings (SSSR count). The summed E-state index contributed by atoms with van der Waals surface area (Å²) in [5.41, 5.74) is 4.62. The molecule has 30 heavy (non-hydrogen) atoms. The van der Waals surface area contributed by atoms with Gasteiger partial charge in [0, 0.05) is 10.9 Å². The number of anilines is 1. The summed E-state index contributed by atoms with van der Waals surface area (Å²) < 4.78 is 24.3. The average molecular weight is 448 g/mol. The zero-order chi connectivity index (χ0) is 21.3. The third-order valence-electron chi connectivity index (χ3n) is 3.88. The number of rotatable bonds is 9. The van der Waals surface area contributed by atoms with Gasteiger partial charge in [-0.2, -0.15) is 5.10 Å². The Morgan fingerprint density at radius 3 is 2.83 bits per heavy atom. The standard InChI is InChI=1S/C21H19ClFN3O3S/c1-2-28-20(27)10-15-13-30-21(25-15)26-24-11-14-6-8-16(9-7-14)29-12-17-18(22)4-3-5-19(17)23/h3-9,11,13H,2,10,12H2,1H3,(H,25,26). The molecule has 6 nitrogen and oxygen atoms in total. The number of carbonyl (C=O) groups is 1. The predicted octanol–water partition coefficient (Wildman–Crippen LogP) is 5.07. The van der Waals surface area contributed by atoms with Gasteiger partial charge in [0.2, 0.25) is 5.13 Å². The summed E-state index contributed by atoms with van der Waals surface area (Å²) >= 11 is 7.35. The van der Waals surface area contributed by atoms with Crippen LogP contribution in [0.15, 0.2) is 52.9 Å². The summed E-state index contributed by atoms with van der Waals surface area (Å²) in [5.74, 6) is -0.120. The van der Waals surface area contributed by atoms with Crippen LogP contribution in [0.5, 0.6) is 5.75 Å². The number of nitrogens with one attached hydrogen (secondary N) is 1. The molecule has 156 valence electrons. The van der Waals surface area contributed by atoms with E-state index < -0.39 is 5.82 Å². The van der Waals surface area contributed by atoms with Crippen molar-refractivity contribution in [3.63, 3.8) is 0 Å². The second-order valence-corrected chi connectivity index (χ2v) is 7.32. The number of aromatic nitrogens is 1. The van der Waals surface area contributed by atoms with Crippen LogP contribution in [-0.2, 0) is 22.6 Å². The van der Waals surface area contributed by atoms with Gasteiger partial charge < -0.3 is 9.47 Å². The van der Waals surface area contributed by atoms with Crippen LogP contribution >= 0.6 is 22.9 Å². The molecule has 0 spiro atoms. The van der Waals surface area contributed by atoms with E-state index in [1.807, 2.05) is 12.1 Å². The molecule has 1 N–H and O–H groups in total. The minimum atomic E-state index is -0.398. The molecule has 0 aliphatic heterocycles. The molecule has 0 fully saturated rings. The minimum Gasteiger partial charge on any atom is -0.489 e. The monoisotopic (exact) mass is 447 g/mol. The summed E-state index contributed by atoms with van der Waals surface area (Å²) in [6.07, 6.45) is 1.76. The summed E-state index contributed by atoms with van der Waals surface area (Å²) in [7, 11) is 0. The number of halogens is 2. The Balaban J connectivity index is 1.50. The zero-order valence-electron chi connectivity index (χ0n) is 16.1. The second kappa shape index (κ2) is 10.7. The Labute approximate surface area is 182 Å². The van der Waals surface area contributed by atoms with Gasteiger partial charge >= 0.3 is 5.97 Å². The maximum absolute atomic E-state index is 13.8. The van der Waals surface area contributed by atoms with Gasteiger partial charge in [0.15, 0.2) is 0 Å². The van der Waals surface area contributed by atoms with E-state index in [0.717, 1.165) is 5.56 Å². The number of hydrazone groups is 1. The number of hydrogen-bond acceptors (Lipinski definition) is 7. The molecule has 0 aliphatic rings. The highest BCUT2D eigenvalue weighted by Gasteiger charge is 2.08. The topological polar surface area (TPSA) is 72.8 Å². The Morgan fingerprint density at radius 2 is 2.10 bits per heavy atom. The van der Waals surface area contributed by atoms with Crippen molar-refractivity contribution in [3.8, 4) is 5.75 Å². The fraction of sp³-hybridized carbons (Fsp3) is 0.190. The quantitative estimate of drug-likeness (QED) is 0.282. The largest absolute Gasteiger partial charge is 0.489 e. The van der Waals surface area contributed by atoms with Crippen molar-refractivity contribution in [1.29, 1.82) is 0 Å². The number of nitrogens with zero attached hydrogens (tertiary/aromatic N) is 2. The Bertz CT molecular complexity index is 1000. The number of ether oxygens (including phenoxy) is 2. The minimum absolute atomic E-state index is 0.0404. The summed E-state index contributed by atoms with van der Waals surface area (Å²) in [5, 5.41) is 6.82. The molecule has 1 heterocycles. The van der Waals surface area contributed by atoms with E-state index in [0.29, 0.717) is 33.8 Å². The van der Waals surface area contributed by atoms with Gasteiger partial charge in [0.25, 0.3) is 0 Å². The van der Waals surface area contributed by atoms with Crippen molar-refractivity contribution in [2.45, 2.75) is 20.0 Å². The fourth-order valence-electron chi connectivity index (χ4n) is 2.44. The molecule has 0 saturated heterocycles. The molecule has 0 saturated carbocycles. The number of hydrogen-bond donors (Lipinski definition) is 1. The van der Waals surface area contributed by atoms with Gasteiger partial charge in [-0.3, -0.25) is 10.2 Å². The lowest BCUT2D eigenvalue weighted by Crippen LogP contribution is -2.07. The lowest BCUT2D eigenvalue weighted by Gasteiger charge is -2.08. The predicted molar refractivity (Wildman–Crippen MR) is 116 cm³/mol. The van der Waals surface area contributed by atoms with Crippen molar-refractivity contribution >= 4 is 40.3 Å². The first kappa shape index (κ1) is 21.7. The van der Waals surface area contributed by atoms with E-state index in [9.17, 15) is 9.18 Å². The molecule has 0 unspecified atom stereocenters. The highest BCUT2D eigenvalue weighted by molar-refractivity contribution is 7.13. The van der Waals surface area contributed by atoms with Crippen molar-refractivity contribution in [2.24, 2.45) is 5.10 Å². The Hall–Kier alpha value is -2.97. The third-order valence-corrected chi connectivity index (χ3v) is 5.03. The number of esters is 1. The van der Waals surface area contributed by atoms with Crippen molar-refractivity contribution < 1.29 is 18.7 Å². The Kier molecular flexibility index (Phi) is 7.75. The van der Waals surface area contributed by atoms with Gasteiger partial charge in [0.05, 0.1) is 30.0 Å². The molecule has 0 amide bonds. The summed E-state index contributed by atoms with van der Waals surface area (Å²) in [6.45, 7) is 2.15. The number of carbonyl (C=O) groups excluding carboxylic acids is 1. The molecule has 0 bridgehead atoms. The first-order chi connectivity index (χ1) is 14.5. The van der Waals surface area contributed by atoms with Crippen molar-refractivity contribution in [3.05, 3.63) is 75.5 Å². The van der Waals surface area contributed by atoms with Crippen LogP contribution in [-0.4, -0.2) is 23.8 Å². The Morgan fingerprint density at radius 1 is 1.30 bits per heavy atom. The molecule has 0 atom stereocenters. The smallest absolute Gasteiger partial charge is 0.311 e. The second-order valence-electron chi connectivity index (χ2n) is 6.05. The molecule has 1 aromatic heterocycles. The van der Waals surface area contributed by atoms with Crippen molar-refractivity contribution in [1.82, 2.24) is 4.98 Å². The van der Waals surface area contributed by atoms with E-state index in [-0.39, 0.29) is 19.0 Å². The van der Waals surface area contributed by atoms with E-state index >= 15 is 0 Å². The first-order valence-corrected chi connectivity index (χ1v) is 10.4. The van der Waals surface area contributed by atoms with E-state index in [2.05, 4.69) is 15.5 Å². The summed E-state index contributed by atoms with van der Waals surface area (Å²) in [4.78, 5) is 15.7. The van der Waals surface area contributed by atoms with Crippen LogP contribution in [0.25, 0.3) is 0 Å². The fourth-order valence-corrected chi connectivity index (χ4v) is 3.31. The number of thiazole rings is 1. The highest BCUT2D eigenvalue weighted by Crippen LogP contribution is 2.21. The lowest BCUT2D eigenvalue weighted by atomic mass is 10.2. The van der Waals surface area contributed by atoms with Crippen LogP contribution in [0.1, 0.15) is 23.7 Å². The van der Waals surface area contributed by atoms with Gasteiger partial charge in [-0.05, 0) is 48.9 Å². The molecular weight excluding hydrogens is 429 g/mol. The highest BCUT2D eigenvalue weighted by atomic mass is 35.5. The molecule has 3 aromatic rings. The lowest BCUT2D eigenvalue weighted by molar-refractivity contribution is -0.142. The molecule has 2 aromatic carbocycles. The van der Waals surface area contributed by atoms with Gasteiger partial charge in [-0.25, -0.2) is 9.37 Å². The zero-order valence-corrected chi connectivity index (χ0v) is 17.7. The van der Waals surface area contributed by atoms with Gasteiger partial charge in [0.1, 0.15) is 18.2 Å². The summed E-state index contributed by atoms with van der Waals surface area (Å²) in [6, 6.07) is 11.7. The first-order valence-electron chi connectivity index (χ1n) is 9.10. The SMILES string of the molecule is CCOC(=O)Cc1csc(NN=Cc2ccc(OCc3c(F)cccc3Cl)cc2)n1. The van der Waals surface area contributed by atoms with Crippen LogP contribution in [0.2, 0.25) is 5.02 Å². The van der Waals surface area contributed by atoms with Crippen LogP contribution in [0.4, 0.5) is 9.52 Å². The van der Waals surface area contributed by atoms with Gasteiger partial charge in [-0.15, -0.1) is 11.3 Å². The van der Waals surface area contributed by atoms with E-state index in [1.165, 1.54) is 17.4 Å². The number of benzene rings is 2. The average Bonchev–Trinajstić information content (AvgIpc) is 3.16. The molecule has 0 aliphatic carbocycles. The van der Waals surface area contributed by atoms with E-state index in [1.54, 1.807) is 42.8 Å². The van der Waals surface area contributed by atoms with Crippen LogP contribution < -0.4 is 10.2 Å². The third kappa shape index (κ3) is 6.27. The van der Waals surface area contributed by atoms with E-state index in [4.69, 9.17) is 21.1 Å². The molecule has 0 radical (unpaired) electrons. The normalized spacial score (nSPS) is 10.9. The van der Waals surface area contributed by atoms with Crippen LogP contribution in [0, 0.1) is 5.82 Å². The molecular formula is C21H19ClFN3O3S.